The van der Waals surface area contributed by atoms with E-state index in [0.29, 0.717) is 23.5 Å². The second-order valence-electron chi connectivity index (χ2n) is 11.0. The van der Waals surface area contributed by atoms with Gasteiger partial charge in [0.05, 0.1) is 5.70 Å². The standard InChI is InChI=1S/C18H36O2.C12H13N3O2/c1-2-3-4-5-6-7-8-9-10-11-12-13-14-15-16-17-18(19)20;16-9-7-8(13-1-2-13)12(17)11(15-5-6-15)10(9)14-3-4-14/h2-17H2,1H3,(H,19,20);7H,1-6H2. The molecule has 0 spiro atoms. The van der Waals surface area contributed by atoms with Crippen LogP contribution in [0.2, 0.25) is 0 Å². The first kappa shape index (κ1) is 29.2. The van der Waals surface area contributed by atoms with Gasteiger partial charge in [-0.3, -0.25) is 14.4 Å². The highest BCUT2D eigenvalue weighted by atomic mass is 16.4. The second kappa shape index (κ2) is 15.8. The van der Waals surface area contributed by atoms with Crippen molar-refractivity contribution in [1.82, 2.24) is 14.7 Å². The summed E-state index contributed by atoms with van der Waals surface area (Å²) in [7, 11) is 0. The van der Waals surface area contributed by atoms with E-state index in [9.17, 15) is 14.4 Å². The molecule has 0 atom stereocenters. The van der Waals surface area contributed by atoms with E-state index in [1.165, 1.54) is 89.5 Å². The summed E-state index contributed by atoms with van der Waals surface area (Å²) in [4.78, 5) is 40.8. The van der Waals surface area contributed by atoms with Crippen molar-refractivity contribution >= 4 is 17.5 Å². The molecule has 4 rings (SSSR count). The molecule has 4 aliphatic rings. The Kier molecular flexibility index (Phi) is 12.5. The van der Waals surface area contributed by atoms with E-state index in [1.807, 2.05) is 14.7 Å². The smallest absolute Gasteiger partial charge is 0.303 e. The number of rotatable bonds is 19. The number of hydrogen-bond acceptors (Lipinski definition) is 6. The van der Waals surface area contributed by atoms with Crippen LogP contribution < -0.4 is 0 Å². The number of Topliss-reactive ketones (excluding diaryl/α,β-unsaturated/α-hetero) is 1. The van der Waals surface area contributed by atoms with Crippen molar-refractivity contribution in [3.8, 4) is 0 Å². The van der Waals surface area contributed by atoms with Gasteiger partial charge in [-0.1, -0.05) is 96.8 Å². The lowest BCUT2D eigenvalue weighted by atomic mass is 10.0. The number of nitrogens with zero attached hydrogens (tertiary/aromatic N) is 3. The van der Waals surface area contributed by atoms with Crippen molar-refractivity contribution < 1.29 is 19.5 Å². The van der Waals surface area contributed by atoms with Crippen molar-refractivity contribution in [2.75, 3.05) is 39.3 Å². The second-order valence-corrected chi connectivity index (χ2v) is 11.0. The quantitative estimate of drug-likeness (QED) is 0.138. The van der Waals surface area contributed by atoms with Gasteiger partial charge in [0, 0.05) is 51.8 Å². The average Bonchev–Trinajstić information content (AvgIpc) is 3.69. The molecule has 1 aliphatic carbocycles. The fourth-order valence-electron chi connectivity index (χ4n) is 4.92. The lowest BCUT2D eigenvalue weighted by Crippen LogP contribution is -2.29. The number of unbranched alkanes of at least 4 members (excludes halogenated alkanes) is 14. The van der Waals surface area contributed by atoms with Gasteiger partial charge in [-0.15, -0.1) is 0 Å². The Labute approximate surface area is 223 Å². The first-order valence-corrected chi connectivity index (χ1v) is 15.0. The molecule has 0 radical (unpaired) electrons. The monoisotopic (exact) mass is 515 g/mol. The van der Waals surface area contributed by atoms with E-state index >= 15 is 0 Å². The zero-order chi connectivity index (χ0) is 26.5. The fraction of sp³-hybridized carbons (Fsp3) is 0.767. The molecule has 0 aromatic rings. The number of hydrogen-bond donors (Lipinski definition) is 1. The lowest BCUT2D eigenvalue weighted by molar-refractivity contribution is -0.137. The van der Waals surface area contributed by atoms with E-state index in [2.05, 4.69) is 6.92 Å². The van der Waals surface area contributed by atoms with Gasteiger partial charge in [-0.2, -0.15) is 0 Å². The number of carboxylic acids is 1. The van der Waals surface area contributed by atoms with E-state index in [4.69, 9.17) is 5.11 Å². The van der Waals surface area contributed by atoms with Crippen molar-refractivity contribution in [3.05, 3.63) is 23.2 Å². The van der Waals surface area contributed by atoms with Crippen molar-refractivity contribution in [1.29, 1.82) is 0 Å². The van der Waals surface area contributed by atoms with Crippen molar-refractivity contribution in [2.45, 2.75) is 110 Å². The van der Waals surface area contributed by atoms with E-state index < -0.39 is 5.97 Å². The van der Waals surface area contributed by atoms with Crippen LogP contribution >= 0.6 is 0 Å². The zero-order valence-electron chi connectivity index (χ0n) is 23.1. The summed E-state index contributed by atoms with van der Waals surface area (Å²) in [5.41, 5.74) is 1.89. The Morgan fingerprint density at radius 1 is 0.649 bits per heavy atom. The number of aliphatic carboxylic acids is 1. The molecule has 0 amide bonds. The Balaban J connectivity index is 0.000000206. The first-order valence-electron chi connectivity index (χ1n) is 15.0. The summed E-state index contributed by atoms with van der Waals surface area (Å²) in [6, 6.07) is 0. The van der Waals surface area contributed by atoms with Gasteiger partial charge in [0.2, 0.25) is 11.6 Å². The minimum atomic E-state index is -0.653. The molecule has 1 N–H and O–H groups in total. The molecule has 0 unspecified atom stereocenters. The fourth-order valence-corrected chi connectivity index (χ4v) is 4.92. The summed E-state index contributed by atoms with van der Waals surface area (Å²) in [5.74, 6) is -0.605. The number of carboxylic acid groups (broad SMARTS) is 1. The molecule has 208 valence electrons. The molecule has 37 heavy (non-hydrogen) atoms. The maximum Gasteiger partial charge on any atom is 0.303 e. The van der Waals surface area contributed by atoms with Gasteiger partial charge in [0.1, 0.15) is 11.4 Å². The lowest BCUT2D eigenvalue weighted by Gasteiger charge is -2.21. The third-order valence-electron chi connectivity index (χ3n) is 7.48. The molecular weight excluding hydrogens is 466 g/mol. The minimum Gasteiger partial charge on any atom is -0.481 e. The molecule has 0 bridgehead atoms. The molecule has 3 fully saturated rings. The molecular formula is C30H49N3O4. The van der Waals surface area contributed by atoms with Gasteiger partial charge < -0.3 is 19.8 Å². The van der Waals surface area contributed by atoms with Gasteiger partial charge in [-0.25, -0.2) is 0 Å². The van der Waals surface area contributed by atoms with Crippen LogP contribution in [-0.4, -0.2) is 76.6 Å². The molecule has 0 aromatic carbocycles. The van der Waals surface area contributed by atoms with Crippen LogP contribution in [0.3, 0.4) is 0 Å². The van der Waals surface area contributed by atoms with Crippen LogP contribution in [0.1, 0.15) is 110 Å². The normalized spacial score (nSPS) is 18.1. The maximum atomic E-state index is 12.4. The van der Waals surface area contributed by atoms with Crippen LogP contribution in [0.25, 0.3) is 0 Å². The zero-order valence-corrected chi connectivity index (χ0v) is 23.1. The topological polar surface area (TPSA) is 80.5 Å². The van der Waals surface area contributed by atoms with Gasteiger partial charge in [-0.05, 0) is 6.42 Å². The third-order valence-corrected chi connectivity index (χ3v) is 7.48. The molecule has 7 nitrogen and oxygen atoms in total. The number of ketones is 2. The molecule has 7 heteroatoms. The highest BCUT2D eigenvalue weighted by molar-refractivity contribution is 6.22. The first-order chi connectivity index (χ1) is 18.0. The molecule has 0 aromatic heterocycles. The van der Waals surface area contributed by atoms with Crippen LogP contribution in [0.15, 0.2) is 23.2 Å². The summed E-state index contributed by atoms with van der Waals surface area (Å²) < 4.78 is 0. The van der Waals surface area contributed by atoms with Gasteiger partial charge in [0.15, 0.2) is 0 Å². The van der Waals surface area contributed by atoms with Crippen molar-refractivity contribution in [2.24, 2.45) is 0 Å². The predicted octanol–water partition coefficient (Wildman–Crippen LogP) is 5.51. The van der Waals surface area contributed by atoms with Crippen LogP contribution in [0.4, 0.5) is 0 Å². The van der Waals surface area contributed by atoms with Crippen LogP contribution in [-0.2, 0) is 14.4 Å². The highest BCUT2D eigenvalue weighted by Gasteiger charge is 2.43. The van der Waals surface area contributed by atoms with E-state index in [0.717, 1.165) is 52.1 Å². The highest BCUT2D eigenvalue weighted by Crippen LogP contribution is 2.33. The summed E-state index contributed by atoms with van der Waals surface area (Å²) >= 11 is 0. The Morgan fingerprint density at radius 3 is 1.46 bits per heavy atom. The van der Waals surface area contributed by atoms with Crippen LogP contribution in [0, 0.1) is 0 Å². The van der Waals surface area contributed by atoms with Crippen molar-refractivity contribution in [3.63, 3.8) is 0 Å². The summed E-state index contributed by atoms with van der Waals surface area (Å²) in [6.45, 7) is 7.68. The molecule has 0 saturated carbocycles. The minimum absolute atomic E-state index is 0.00546. The van der Waals surface area contributed by atoms with E-state index in [-0.39, 0.29) is 11.6 Å². The summed E-state index contributed by atoms with van der Waals surface area (Å²) in [5, 5.41) is 8.52. The Hall–Kier alpha value is -2.31. The Bertz CT molecular complexity index is 823. The SMILES string of the molecule is CCCCCCCCCCCCCCCCCC(=O)O.O=C1C=C(N2CC2)C(=O)C(N2CC2)=C1N1CC1. The molecule has 3 heterocycles. The molecule has 3 aliphatic heterocycles. The third kappa shape index (κ3) is 10.9. The number of carbonyl (C=O) groups excluding carboxylic acids is 2. The average molecular weight is 516 g/mol. The van der Waals surface area contributed by atoms with E-state index in [1.54, 1.807) is 0 Å². The van der Waals surface area contributed by atoms with Crippen LogP contribution in [0.5, 0.6) is 0 Å². The number of carbonyl (C=O) groups is 3. The number of allylic oxidation sites excluding steroid dienone is 1. The predicted molar refractivity (Wildman–Crippen MR) is 147 cm³/mol. The largest absolute Gasteiger partial charge is 0.481 e. The Morgan fingerprint density at radius 2 is 1.05 bits per heavy atom. The maximum absolute atomic E-state index is 12.4. The van der Waals surface area contributed by atoms with Gasteiger partial charge in [0.25, 0.3) is 0 Å². The molecule has 3 saturated heterocycles. The summed E-state index contributed by atoms with van der Waals surface area (Å²) in [6.07, 6.45) is 21.7. The van der Waals surface area contributed by atoms with Gasteiger partial charge >= 0.3 is 5.97 Å².